The lowest BCUT2D eigenvalue weighted by Crippen LogP contribution is -2.31. The van der Waals surface area contributed by atoms with E-state index in [-0.39, 0.29) is 12.1 Å². The van der Waals surface area contributed by atoms with Gasteiger partial charge in [-0.2, -0.15) is 0 Å². The van der Waals surface area contributed by atoms with Crippen LogP contribution in [0.25, 0.3) is 0 Å². The molecule has 0 aromatic heterocycles. The second kappa shape index (κ2) is 7.17. The zero-order valence-corrected chi connectivity index (χ0v) is 14.7. The molecular weight excluding hydrogens is 320 g/mol. The number of hydrogen-bond acceptors (Lipinski definition) is 2. The fourth-order valence-electron chi connectivity index (χ4n) is 3.91. The Balaban J connectivity index is 1.67. The first-order chi connectivity index (χ1) is 12.8. The van der Waals surface area contributed by atoms with Crippen LogP contribution in [0.5, 0.6) is 0 Å². The average molecular weight is 342 g/mol. The van der Waals surface area contributed by atoms with Crippen LogP contribution >= 0.6 is 0 Å². The molecule has 0 N–H and O–H groups in total. The Morgan fingerprint density at radius 2 is 1.19 bits per heavy atom. The van der Waals surface area contributed by atoms with E-state index in [4.69, 9.17) is 4.74 Å². The van der Waals surface area contributed by atoms with Crippen molar-refractivity contribution in [2.24, 2.45) is 5.41 Å². The molecular formula is C24H22O2. The Kier molecular flexibility index (Phi) is 4.57. The van der Waals surface area contributed by atoms with E-state index in [0.29, 0.717) is 19.3 Å². The molecule has 0 bridgehead atoms. The SMILES string of the molecule is O=C1O[C@@H](c2ccccc2)CC1(Cc1ccccc1)Cc1ccccc1. The fourth-order valence-corrected chi connectivity index (χ4v) is 3.91. The van der Waals surface area contributed by atoms with Gasteiger partial charge in [-0.1, -0.05) is 91.0 Å². The van der Waals surface area contributed by atoms with Gasteiger partial charge in [-0.05, 0) is 29.5 Å². The van der Waals surface area contributed by atoms with Crippen LogP contribution in [0.15, 0.2) is 91.0 Å². The molecule has 4 rings (SSSR count). The first-order valence-corrected chi connectivity index (χ1v) is 9.09. The highest BCUT2D eigenvalue weighted by atomic mass is 16.6. The minimum Gasteiger partial charge on any atom is -0.457 e. The molecule has 3 aromatic rings. The molecule has 1 heterocycles. The van der Waals surface area contributed by atoms with Gasteiger partial charge in [0.2, 0.25) is 0 Å². The number of carbonyl (C=O) groups is 1. The summed E-state index contributed by atoms with van der Waals surface area (Å²) < 4.78 is 5.87. The lowest BCUT2D eigenvalue weighted by atomic mass is 9.74. The van der Waals surface area contributed by atoms with Crippen LogP contribution in [0.3, 0.4) is 0 Å². The Hall–Kier alpha value is -2.87. The molecule has 0 spiro atoms. The summed E-state index contributed by atoms with van der Waals surface area (Å²) >= 11 is 0. The summed E-state index contributed by atoms with van der Waals surface area (Å²) in [6.07, 6.45) is 1.94. The van der Waals surface area contributed by atoms with Crippen molar-refractivity contribution in [3.63, 3.8) is 0 Å². The topological polar surface area (TPSA) is 26.3 Å². The highest BCUT2D eigenvalue weighted by Gasteiger charge is 2.49. The van der Waals surface area contributed by atoms with Gasteiger partial charge in [-0.15, -0.1) is 0 Å². The van der Waals surface area contributed by atoms with Gasteiger partial charge in [-0.3, -0.25) is 4.79 Å². The van der Waals surface area contributed by atoms with Gasteiger partial charge in [-0.25, -0.2) is 0 Å². The van der Waals surface area contributed by atoms with E-state index in [0.717, 1.165) is 5.56 Å². The third kappa shape index (κ3) is 3.41. The number of ether oxygens (including phenoxy) is 1. The van der Waals surface area contributed by atoms with Crippen LogP contribution in [0.1, 0.15) is 29.2 Å². The third-order valence-corrected chi connectivity index (χ3v) is 5.20. The van der Waals surface area contributed by atoms with E-state index in [1.807, 2.05) is 66.7 Å². The summed E-state index contributed by atoms with van der Waals surface area (Å²) in [6, 6.07) is 30.6. The molecule has 0 aliphatic carbocycles. The maximum atomic E-state index is 13.1. The molecule has 0 saturated carbocycles. The normalized spacial score (nSPS) is 18.5. The van der Waals surface area contributed by atoms with E-state index in [9.17, 15) is 4.79 Å². The van der Waals surface area contributed by atoms with Crippen molar-refractivity contribution in [3.05, 3.63) is 108 Å². The lowest BCUT2D eigenvalue weighted by Gasteiger charge is -2.25. The zero-order valence-electron chi connectivity index (χ0n) is 14.7. The Bertz CT molecular complexity index is 815. The molecule has 1 fully saturated rings. The Labute approximate surface area is 154 Å². The van der Waals surface area contributed by atoms with Crippen molar-refractivity contribution >= 4 is 5.97 Å². The van der Waals surface area contributed by atoms with Gasteiger partial charge in [0.15, 0.2) is 0 Å². The maximum absolute atomic E-state index is 13.1. The number of rotatable bonds is 5. The predicted octanol–water partition coefficient (Wildman–Crippen LogP) is 5.15. The predicted molar refractivity (Wildman–Crippen MR) is 103 cm³/mol. The molecule has 130 valence electrons. The number of benzene rings is 3. The van der Waals surface area contributed by atoms with Crippen molar-refractivity contribution in [3.8, 4) is 0 Å². The van der Waals surface area contributed by atoms with E-state index in [2.05, 4.69) is 24.3 Å². The van der Waals surface area contributed by atoms with Crippen molar-refractivity contribution in [1.82, 2.24) is 0 Å². The molecule has 3 aromatic carbocycles. The molecule has 2 heteroatoms. The van der Waals surface area contributed by atoms with Gasteiger partial charge in [0.1, 0.15) is 6.10 Å². The largest absolute Gasteiger partial charge is 0.457 e. The zero-order chi connectivity index (χ0) is 17.8. The fraction of sp³-hybridized carbons (Fsp3) is 0.208. The van der Waals surface area contributed by atoms with Crippen molar-refractivity contribution in [2.75, 3.05) is 0 Å². The summed E-state index contributed by atoms with van der Waals surface area (Å²) in [5.74, 6) is -0.0842. The van der Waals surface area contributed by atoms with Crippen LogP contribution in [-0.2, 0) is 22.4 Å². The van der Waals surface area contributed by atoms with Crippen LogP contribution in [-0.4, -0.2) is 5.97 Å². The minimum absolute atomic E-state index is 0.0842. The highest BCUT2D eigenvalue weighted by molar-refractivity contribution is 5.80. The van der Waals surface area contributed by atoms with E-state index < -0.39 is 5.41 Å². The maximum Gasteiger partial charge on any atom is 0.313 e. The molecule has 1 saturated heterocycles. The standard InChI is InChI=1S/C24H22O2/c25-23-24(16-19-10-4-1-5-11-19,17-20-12-6-2-7-13-20)18-22(26-23)21-14-8-3-9-15-21/h1-15,22H,16-18H2/t22-/m1/s1. The van der Waals surface area contributed by atoms with Gasteiger partial charge < -0.3 is 4.74 Å². The summed E-state index contributed by atoms with van der Waals surface area (Å²) in [5, 5.41) is 0. The number of hydrogen-bond donors (Lipinski definition) is 0. The Morgan fingerprint density at radius 3 is 1.69 bits per heavy atom. The highest BCUT2D eigenvalue weighted by Crippen LogP contribution is 2.46. The van der Waals surface area contributed by atoms with E-state index >= 15 is 0 Å². The lowest BCUT2D eigenvalue weighted by molar-refractivity contribution is -0.149. The third-order valence-electron chi connectivity index (χ3n) is 5.20. The molecule has 0 radical (unpaired) electrons. The molecule has 1 atom stereocenters. The number of esters is 1. The second-order valence-corrected chi connectivity index (χ2v) is 7.11. The Morgan fingerprint density at radius 1 is 0.731 bits per heavy atom. The van der Waals surface area contributed by atoms with Crippen molar-refractivity contribution in [1.29, 1.82) is 0 Å². The average Bonchev–Trinajstić information content (AvgIpc) is 3.00. The van der Waals surface area contributed by atoms with Crippen LogP contribution in [0.4, 0.5) is 0 Å². The molecule has 0 unspecified atom stereocenters. The minimum atomic E-state index is -0.525. The molecule has 1 aliphatic heterocycles. The summed E-state index contributed by atoms with van der Waals surface area (Å²) in [6.45, 7) is 0. The van der Waals surface area contributed by atoms with E-state index in [1.54, 1.807) is 0 Å². The van der Waals surface area contributed by atoms with Crippen LogP contribution in [0.2, 0.25) is 0 Å². The summed E-state index contributed by atoms with van der Waals surface area (Å²) in [7, 11) is 0. The molecule has 0 amide bonds. The number of carbonyl (C=O) groups excluding carboxylic acids is 1. The molecule has 2 nitrogen and oxygen atoms in total. The van der Waals surface area contributed by atoms with Gasteiger partial charge >= 0.3 is 5.97 Å². The molecule has 26 heavy (non-hydrogen) atoms. The smallest absolute Gasteiger partial charge is 0.313 e. The first-order valence-electron chi connectivity index (χ1n) is 9.09. The molecule has 1 aliphatic rings. The second-order valence-electron chi connectivity index (χ2n) is 7.11. The quantitative estimate of drug-likeness (QED) is 0.600. The van der Waals surface area contributed by atoms with Crippen molar-refractivity contribution in [2.45, 2.75) is 25.4 Å². The summed E-state index contributed by atoms with van der Waals surface area (Å²) in [5.41, 5.74) is 2.90. The monoisotopic (exact) mass is 342 g/mol. The first kappa shape index (κ1) is 16.6. The van der Waals surface area contributed by atoms with Gasteiger partial charge in [0, 0.05) is 6.42 Å². The van der Waals surface area contributed by atoms with Crippen molar-refractivity contribution < 1.29 is 9.53 Å². The van der Waals surface area contributed by atoms with E-state index in [1.165, 1.54) is 11.1 Å². The van der Waals surface area contributed by atoms with Gasteiger partial charge in [0.05, 0.1) is 5.41 Å². The van der Waals surface area contributed by atoms with Crippen LogP contribution < -0.4 is 0 Å². The van der Waals surface area contributed by atoms with Crippen LogP contribution in [0, 0.1) is 5.41 Å². The number of cyclic esters (lactones) is 1. The van der Waals surface area contributed by atoms with Gasteiger partial charge in [0.25, 0.3) is 0 Å². The summed E-state index contributed by atoms with van der Waals surface area (Å²) in [4.78, 5) is 13.1.